The molecule has 1 aliphatic rings. The third-order valence-electron chi connectivity index (χ3n) is 3.92. The second-order valence-electron chi connectivity index (χ2n) is 5.71. The number of thiocarbonyl (C=S) groups is 1. The van der Waals surface area contributed by atoms with Gasteiger partial charge in [-0.25, -0.2) is 4.79 Å². The predicted molar refractivity (Wildman–Crippen MR) is 109 cm³/mol. The highest BCUT2D eigenvalue weighted by Crippen LogP contribution is 2.38. The summed E-state index contributed by atoms with van der Waals surface area (Å²) in [7, 11) is 0. The molecule has 1 atom stereocenters. The number of ether oxygens (including phenoxy) is 1. The molecule has 138 valence electrons. The number of amides is 1. The molecule has 5 nitrogen and oxygen atoms in total. The van der Waals surface area contributed by atoms with Gasteiger partial charge < -0.3 is 9.84 Å². The summed E-state index contributed by atoms with van der Waals surface area (Å²) in [5.41, 5.74) is 1.31. The van der Waals surface area contributed by atoms with Crippen molar-refractivity contribution < 1.29 is 19.4 Å². The van der Waals surface area contributed by atoms with E-state index in [9.17, 15) is 14.7 Å². The molecule has 0 radical (unpaired) electrons. The summed E-state index contributed by atoms with van der Waals surface area (Å²) in [5.74, 6) is -0.785. The lowest BCUT2D eigenvalue weighted by molar-refractivity contribution is -0.145. The normalized spacial score (nSPS) is 16.6. The Bertz CT molecular complexity index is 894. The van der Waals surface area contributed by atoms with Crippen LogP contribution in [0.15, 0.2) is 59.5 Å². The van der Waals surface area contributed by atoms with E-state index in [1.54, 1.807) is 36.4 Å². The monoisotopic (exact) mass is 399 g/mol. The van der Waals surface area contributed by atoms with Crippen LogP contribution in [0.25, 0.3) is 6.08 Å². The zero-order chi connectivity index (χ0) is 19.4. The predicted octanol–water partition coefficient (Wildman–Crippen LogP) is 4.11. The fourth-order valence-electron chi connectivity index (χ4n) is 2.72. The maximum Gasteiger partial charge on any atom is 0.331 e. The lowest BCUT2D eigenvalue weighted by Gasteiger charge is -2.23. The number of carbonyl (C=O) groups excluding carboxylic acids is 1. The number of rotatable bonds is 6. The van der Waals surface area contributed by atoms with Gasteiger partial charge in [0.15, 0.2) is 6.04 Å². The molecule has 1 N–H and O–H groups in total. The summed E-state index contributed by atoms with van der Waals surface area (Å²) in [6.07, 6.45) is 1.71. The van der Waals surface area contributed by atoms with Crippen molar-refractivity contribution in [3.8, 4) is 5.75 Å². The minimum atomic E-state index is -1.15. The van der Waals surface area contributed by atoms with E-state index in [0.29, 0.717) is 17.1 Å². The molecule has 0 bridgehead atoms. The lowest BCUT2D eigenvalue weighted by Crippen LogP contribution is -2.37. The summed E-state index contributed by atoms with van der Waals surface area (Å²) in [5, 5.41) is 9.68. The van der Waals surface area contributed by atoms with Crippen LogP contribution in [0.1, 0.15) is 24.1 Å². The van der Waals surface area contributed by atoms with Crippen molar-refractivity contribution in [1.29, 1.82) is 0 Å². The van der Waals surface area contributed by atoms with Crippen molar-refractivity contribution >= 4 is 46.3 Å². The van der Waals surface area contributed by atoms with Gasteiger partial charge in [0.25, 0.3) is 5.91 Å². The Kier molecular flexibility index (Phi) is 5.93. The fraction of sp³-hybridized carbons (Fsp3) is 0.150. The number of thioether (sulfide) groups is 1. The molecular formula is C20H17NO4S2. The Balaban J connectivity index is 1.88. The third kappa shape index (κ3) is 4.20. The highest BCUT2D eigenvalue weighted by molar-refractivity contribution is 8.26. The van der Waals surface area contributed by atoms with Crippen molar-refractivity contribution in [3.05, 3.63) is 70.6 Å². The van der Waals surface area contributed by atoms with Gasteiger partial charge in [0, 0.05) is 0 Å². The van der Waals surface area contributed by atoms with E-state index in [2.05, 4.69) is 0 Å². The van der Waals surface area contributed by atoms with Crippen molar-refractivity contribution in [2.75, 3.05) is 6.61 Å². The number of hydrogen-bond donors (Lipinski definition) is 1. The zero-order valence-corrected chi connectivity index (χ0v) is 16.1. The van der Waals surface area contributed by atoms with Gasteiger partial charge >= 0.3 is 5.97 Å². The van der Waals surface area contributed by atoms with Gasteiger partial charge in [0.2, 0.25) is 0 Å². The molecule has 2 aromatic rings. The Morgan fingerprint density at radius 2 is 1.89 bits per heavy atom. The van der Waals surface area contributed by atoms with Crippen LogP contribution in [0.3, 0.4) is 0 Å². The lowest BCUT2D eigenvalue weighted by atomic mass is 10.1. The molecule has 0 aromatic heterocycles. The summed E-state index contributed by atoms with van der Waals surface area (Å²) in [4.78, 5) is 26.3. The minimum Gasteiger partial charge on any atom is -0.494 e. The van der Waals surface area contributed by atoms with E-state index in [1.807, 2.05) is 31.2 Å². The molecule has 2 aromatic carbocycles. The van der Waals surface area contributed by atoms with Crippen LogP contribution >= 0.6 is 24.0 Å². The molecule has 3 rings (SSSR count). The highest BCUT2D eigenvalue weighted by atomic mass is 32.2. The van der Waals surface area contributed by atoms with Crippen LogP contribution < -0.4 is 4.74 Å². The average molecular weight is 399 g/mol. The highest BCUT2D eigenvalue weighted by Gasteiger charge is 2.41. The molecule has 1 unspecified atom stereocenters. The zero-order valence-electron chi connectivity index (χ0n) is 14.5. The van der Waals surface area contributed by atoms with Crippen molar-refractivity contribution in [3.63, 3.8) is 0 Å². The first-order valence-electron chi connectivity index (χ1n) is 8.29. The molecule has 7 heteroatoms. The average Bonchev–Trinajstić information content (AvgIpc) is 2.92. The molecule has 1 saturated heterocycles. The summed E-state index contributed by atoms with van der Waals surface area (Å²) < 4.78 is 5.64. The van der Waals surface area contributed by atoms with Crippen LogP contribution in [0.5, 0.6) is 5.75 Å². The van der Waals surface area contributed by atoms with Crippen LogP contribution in [0, 0.1) is 0 Å². The smallest absolute Gasteiger partial charge is 0.331 e. The Morgan fingerprint density at radius 1 is 1.22 bits per heavy atom. The largest absolute Gasteiger partial charge is 0.494 e. The maximum atomic E-state index is 12.9. The molecule has 0 spiro atoms. The third-order valence-corrected chi connectivity index (χ3v) is 5.25. The van der Waals surface area contributed by atoms with Crippen LogP contribution in [0.4, 0.5) is 0 Å². The molecular weight excluding hydrogens is 382 g/mol. The molecule has 1 heterocycles. The van der Waals surface area contributed by atoms with Crippen LogP contribution in [-0.2, 0) is 9.59 Å². The van der Waals surface area contributed by atoms with Gasteiger partial charge in [0.05, 0.1) is 11.5 Å². The molecule has 27 heavy (non-hydrogen) atoms. The Labute approximate surface area is 166 Å². The Morgan fingerprint density at radius 3 is 2.48 bits per heavy atom. The minimum absolute atomic E-state index is 0.230. The van der Waals surface area contributed by atoms with Gasteiger partial charge in [-0.1, -0.05) is 66.4 Å². The number of hydrogen-bond acceptors (Lipinski definition) is 5. The van der Waals surface area contributed by atoms with Crippen LogP contribution in [0.2, 0.25) is 0 Å². The summed E-state index contributed by atoms with van der Waals surface area (Å²) in [6.45, 7) is 2.49. The van der Waals surface area contributed by atoms with E-state index < -0.39 is 17.9 Å². The fourth-order valence-corrected chi connectivity index (χ4v) is 4.03. The number of nitrogens with zero attached hydrogens (tertiary/aromatic N) is 1. The first kappa shape index (κ1) is 19.1. The van der Waals surface area contributed by atoms with E-state index >= 15 is 0 Å². The van der Waals surface area contributed by atoms with E-state index in [4.69, 9.17) is 17.0 Å². The number of carboxylic acid groups (broad SMARTS) is 1. The second-order valence-corrected chi connectivity index (χ2v) is 7.38. The molecule has 0 saturated carbocycles. The maximum absolute atomic E-state index is 12.9. The summed E-state index contributed by atoms with van der Waals surface area (Å²) in [6, 6.07) is 14.8. The first-order valence-corrected chi connectivity index (χ1v) is 9.51. The summed E-state index contributed by atoms with van der Waals surface area (Å²) >= 11 is 6.41. The number of benzene rings is 2. The molecule has 1 amide bonds. The van der Waals surface area contributed by atoms with Crippen molar-refractivity contribution in [2.24, 2.45) is 0 Å². The van der Waals surface area contributed by atoms with Crippen LogP contribution in [-0.4, -0.2) is 32.8 Å². The number of carboxylic acids is 1. The van der Waals surface area contributed by atoms with Crippen molar-refractivity contribution in [1.82, 2.24) is 4.90 Å². The molecule has 0 aliphatic carbocycles. The molecule has 1 fully saturated rings. The van der Waals surface area contributed by atoms with Gasteiger partial charge in [-0.2, -0.15) is 0 Å². The second kappa shape index (κ2) is 8.37. The quantitative estimate of drug-likeness (QED) is 0.582. The van der Waals surface area contributed by atoms with Gasteiger partial charge in [-0.3, -0.25) is 9.69 Å². The van der Waals surface area contributed by atoms with E-state index in [0.717, 1.165) is 28.0 Å². The van der Waals surface area contributed by atoms with E-state index in [1.165, 1.54) is 0 Å². The van der Waals surface area contributed by atoms with Gasteiger partial charge in [-0.05, 0) is 36.3 Å². The SMILES string of the molecule is CCOc1ccc(/C=C2\SC(=S)N(C(C(=O)O)c3ccccc3)C2=O)cc1. The van der Waals surface area contributed by atoms with E-state index in [-0.39, 0.29) is 4.32 Å². The standard InChI is InChI=1S/C20H17NO4S2/c1-2-25-15-10-8-13(9-11-15)12-16-18(22)21(20(26)27-16)17(19(23)24)14-6-4-3-5-7-14/h3-12,17H,2H2,1H3,(H,23,24)/b16-12-. The van der Waals surface area contributed by atoms with Gasteiger partial charge in [-0.15, -0.1) is 0 Å². The first-order chi connectivity index (χ1) is 13.0. The Hall–Kier alpha value is -2.64. The van der Waals surface area contributed by atoms with Crippen molar-refractivity contribution in [2.45, 2.75) is 13.0 Å². The number of carbonyl (C=O) groups is 2. The topological polar surface area (TPSA) is 66.8 Å². The molecule has 1 aliphatic heterocycles. The van der Waals surface area contributed by atoms with Gasteiger partial charge in [0.1, 0.15) is 10.1 Å². The number of aliphatic carboxylic acids is 1.